The molecule has 0 radical (unpaired) electrons. The number of aromatic nitrogens is 3. The first-order valence-electron chi connectivity index (χ1n) is 5.32. The lowest BCUT2D eigenvalue weighted by atomic mass is 10.3. The molecule has 0 spiro atoms. The van der Waals surface area contributed by atoms with Crippen LogP contribution in [-0.4, -0.2) is 30.8 Å². The lowest BCUT2D eigenvalue weighted by molar-refractivity contribution is -0.385. The number of nitrogens with zero attached hydrogens (tertiary/aromatic N) is 4. The van der Waals surface area contributed by atoms with E-state index in [1.807, 2.05) is 0 Å². The van der Waals surface area contributed by atoms with Crippen molar-refractivity contribution in [1.29, 1.82) is 0 Å². The van der Waals surface area contributed by atoms with Crippen LogP contribution in [0.25, 0.3) is 5.82 Å². The van der Waals surface area contributed by atoms with Crippen LogP contribution < -0.4 is 0 Å². The molecule has 8 nitrogen and oxygen atoms in total. The van der Waals surface area contributed by atoms with Gasteiger partial charge in [0.1, 0.15) is 5.56 Å². The van der Waals surface area contributed by atoms with Crippen LogP contribution in [0.15, 0.2) is 18.3 Å². The van der Waals surface area contributed by atoms with Crippen LogP contribution in [0.2, 0.25) is 0 Å². The molecule has 0 unspecified atom stereocenters. The molecular formula is C11H10N4O4. The molecule has 0 atom stereocenters. The number of aromatic carboxylic acids is 1. The monoisotopic (exact) mass is 262 g/mol. The van der Waals surface area contributed by atoms with E-state index in [1.165, 1.54) is 25.3 Å². The number of rotatable bonds is 3. The molecule has 0 bridgehead atoms. The van der Waals surface area contributed by atoms with Gasteiger partial charge < -0.3 is 5.11 Å². The normalized spacial score (nSPS) is 10.4. The molecule has 0 saturated carbocycles. The van der Waals surface area contributed by atoms with Crippen molar-refractivity contribution in [3.8, 4) is 5.82 Å². The Morgan fingerprint density at radius 2 is 2.11 bits per heavy atom. The Labute approximate surface area is 107 Å². The lowest BCUT2D eigenvalue weighted by Gasteiger charge is -2.02. The van der Waals surface area contributed by atoms with Crippen LogP contribution in [0.5, 0.6) is 0 Å². The Morgan fingerprint density at radius 1 is 1.42 bits per heavy atom. The third-order valence-corrected chi connectivity index (χ3v) is 2.54. The van der Waals surface area contributed by atoms with Crippen molar-refractivity contribution in [3.05, 3.63) is 45.4 Å². The number of aryl methyl sites for hydroxylation is 2. The van der Waals surface area contributed by atoms with Crippen molar-refractivity contribution in [2.75, 3.05) is 0 Å². The van der Waals surface area contributed by atoms with Gasteiger partial charge in [-0.3, -0.25) is 10.1 Å². The molecule has 0 saturated heterocycles. The van der Waals surface area contributed by atoms with Gasteiger partial charge in [0.15, 0.2) is 0 Å². The minimum absolute atomic E-state index is 0.000556. The van der Waals surface area contributed by atoms with Gasteiger partial charge >= 0.3 is 11.7 Å². The van der Waals surface area contributed by atoms with Crippen LogP contribution in [-0.2, 0) is 0 Å². The first-order valence-corrected chi connectivity index (χ1v) is 5.32. The van der Waals surface area contributed by atoms with Gasteiger partial charge in [0, 0.05) is 18.0 Å². The number of carbonyl (C=O) groups is 1. The summed E-state index contributed by atoms with van der Waals surface area (Å²) in [5, 5.41) is 23.8. The first kappa shape index (κ1) is 12.7. The van der Waals surface area contributed by atoms with E-state index in [0.717, 1.165) is 4.68 Å². The SMILES string of the molecule is Cc1ccc([N+](=O)[O-])c(-n2cc(C(=O)O)c(C)n2)n1. The van der Waals surface area contributed by atoms with E-state index in [1.54, 1.807) is 6.92 Å². The molecule has 0 aliphatic heterocycles. The molecule has 0 amide bonds. The van der Waals surface area contributed by atoms with Crippen molar-refractivity contribution in [1.82, 2.24) is 14.8 Å². The zero-order valence-electron chi connectivity index (χ0n) is 10.2. The largest absolute Gasteiger partial charge is 0.478 e. The molecule has 0 fully saturated rings. The zero-order valence-corrected chi connectivity index (χ0v) is 10.2. The van der Waals surface area contributed by atoms with Crippen molar-refractivity contribution < 1.29 is 14.8 Å². The van der Waals surface area contributed by atoms with Crippen molar-refractivity contribution in [3.63, 3.8) is 0 Å². The van der Waals surface area contributed by atoms with Crippen LogP contribution in [0.3, 0.4) is 0 Å². The molecule has 19 heavy (non-hydrogen) atoms. The van der Waals surface area contributed by atoms with E-state index >= 15 is 0 Å². The number of carboxylic acids is 1. The minimum Gasteiger partial charge on any atom is -0.478 e. The van der Waals surface area contributed by atoms with Crippen LogP contribution in [0.1, 0.15) is 21.7 Å². The van der Waals surface area contributed by atoms with Gasteiger partial charge in [-0.2, -0.15) is 5.10 Å². The summed E-state index contributed by atoms with van der Waals surface area (Å²) in [6, 6.07) is 2.82. The van der Waals surface area contributed by atoms with E-state index in [0.29, 0.717) is 5.69 Å². The van der Waals surface area contributed by atoms with Crippen LogP contribution in [0.4, 0.5) is 5.69 Å². The van der Waals surface area contributed by atoms with Crippen molar-refractivity contribution in [2.24, 2.45) is 0 Å². The van der Waals surface area contributed by atoms with Crippen molar-refractivity contribution >= 4 is 11.7 Å². The average molecular weight is 262 g/mol. The smallest absolute Gasteiger partial charge is 0.339 e. The average Bonchev–Trinajstić information content (AvgIpc) is 2.70. The lowest BCUT2D eigenvalue weighted by Crippen LogP contribution is -2.04. The topological polar surface area (TPSA) is 111 Å². The molecule has 8 heteroatoms. The minimum atomic E-state index is -1.14. The molecule has 0 aliphatic rings. The number of pyridine rings is 1. The maximum Gasteiger partial charge on any atom is 0.339 e. The molecule has 98 valence electrons. The third kappa shape index (κ3) is 2.28. The number of hydrogen-bond donors (Lipinski definition) is 1. The van der Waals surface area contributed by atoms with Gasteiger partial charge in [-0.1, -0.05) is 0 Å². The number of nitro groups is 1. The summed E-state index contributed by atoms with van der Waals surface area (Å²) in [6.45, 7) is 3.20. The molecule has 0 aromatic carbocycles. The molecule has 1 N–H and O–H groups in total. The highest BCUT2D eigenvalue weighted by atomic mass is 16.6. The Balaban J connectivity index is 2.64. The standard InChI is InChI=1S/C11H10N4O4/c1-6-3-4-9(15(18)19)10(12-6)14-5-8(11(16)17)7(2)13-14/h3-5H,1-2H3,(H,16,17). The highest BCUT2D eigenvalue weighted by Gasteiger charge is 2.20. The number of carboxylic acid groups (broad SMARTS) is 1. The van der Waals surface area contributed by atoms with E-state index in [2.05, 4.69) is 10.1 Å². The summed E-state index contributed by atoms with van der Waals surface area (Å²) in [7, 11) is 0. The highest BCUT2D eigenvalue weighted by molar-refractivity contribution is 5.88. The maximum absolute atomic E-state index is 10.9. The molecule has 2 rings (SSSR count). The molecular weight excluding hydrogens is 252 g/mol. The van der Waals surface area contributed by atoms with Gasteiger partial charge in [0.2, 0.25) is 5.82 Å². The fourth-order valence-corrected chi connectivity index (χ4v) is 1.63. The second-order valence-electron chi connectivity index (χ2n) is 3.93. The first-order chi connectivity index (χ1) is 8.90. The highest BCUT2D eigenvalue weighted by Crippen LogP contribution is 2.21. The quantitative estimate of drug-likeness (QED) is 0.662. The third-order valence-electron chi connectivity index (χ3n) is 2.54. The second-order valence-corrected chi connectivity index (χ2v) is 3.93. The summed E-state index contributed by atoms with van der Waals surface area (Å²) in [4.78, 5) is 25.3. The second kappa shape index (κ2) is 4.48. The van der Waals surface area contributed by atoms with E-state index in [-0.39, 0.29) is 22.8 Å². The Morgan fingerprint density at radius 3 is 2.63 bits per heavy atom. The predicted molar refractivity (Wildman–Crippen MR) is 64.4 cm³/mol. The van der Waals surface area contributed by atoms with E-state index in [9.17, 15) is 14.9 Å². The van der Waals surface area contributed by atoms with E-state index in [4.69, 9.17) is 5.11 Å². The Hall–Kier alpha value is -2.77. The van der Waals surface area contributed by atoms with Gasteiger partial charge in [-0.25, -0.2) is 14.5 Å². The molecule has 0 aliphatic carbocycles. The van der Waals surface area contributed by atoms with Gasteiger partial charge in [0.05, 0.1) is 10.6 Å². The zero-order chi connectivity index (χ0) is 14.2. The van der Waals surface area contributed by atoms with Gasteiger partial charge in [-0.05, 0) is 19.9 Å². The summed E-state index contributed by atoms with van der Waals surface area (Å²) in [5.74, 6) is -1.14. The molecule has 2 heterocycles. The van der Waals surface area contributed by atoms with E-state index < -0.39 is 10.9 Å². The molecule has 2 aromatic rings. The summed E-state index contributed by atoms with van der Waals surface area (Å²) in [6.07, 6.45) is 1.21. The number of hydrogen-bond acceptors (Lipinski definition) is 5. The van der Waals surface area contributed by atoms with Crippen LogP contribution >= 0.6 is 0 Å². The van der Waals surface area contributed by atoms with Gasteiger partial charge in [0.25, 0.3) is 0 Å². The fraction of sp³-hybridized carbons (Fsp3) is 0.182. The summed E-state index contributed by atoms with van der Waals surface area (Å²) >= 11 is 0. The molecule has 2 aromatic heterocycles. The summed E-state index contributed by atoms with van der Waals surface area (Å²) < 4.78 is 1.11. The van der Waals surface area contributed by atoms with Crippen LogP contribution in [0, 0.1) is 24.0 Å². The Bertz CT molecular complexity index is 677. The Kier molecular flexibility index (Phi) is 2.99. The predicted octanol–water partition coefficient (Wildman–Crippen LogP) is 1.49. The fourth-order valence-electron chi connectivity index (χ4n) is 1.63. The van der Waals surface area contributed by atoms with Crippen molar-refractivity contribution in [2.45, 2.75) is 13.8 Å². The van der Waals surface area contributed by atoms with Gasteiger partial charge in [-0.15, -0.1) is 0 Å². The summed E-state index contributed by atoms with van der Waals surface area (Å²) in [5.41, 5.74) is 0.596. The maximum atomic E-state index is 10.9.